The van der Waals surface area contributed by atoms with Crippen molar-refractivity contribution < 1.29 is 9.21 Å². The number of hydrogen-bond donors (Lipinski definition) is 1. The molecule has 0 aliphatic heterocycles. The highest BCUT2D eigenvalue weighted by atomic mass is 32.1. The van der Waals surface area contributed by atoms with Gasteiger partial charge in [-0.3, -0.25) is 4.79 Å². The van der Waals surface area contributed by atoms with Gasteiger partial charge < -0.3 is 14.3 Å². The third-order valence-electron chi connectivity index (χ3n) is 3.28. The van der Waals surface area contributed by atoms with E-state index in [2.05, 4.69) is 16.0 Å². The first-order chi connectivity index (χ1) is 10.3. The number of nitrogens with one attached hydrogen (secondary N) is 1. The topological polar surface area (TPSA) is 47.2 Å². The Morgan fingerprint density at radius 3 is 2.76 bits per heavy atom. The van der Waals surface area contributed by atoms with Gasteiger partial charge in [0.25, 0.3) is 0 Å². The van der Waals surface area contributed by atoms with E-state index in [1.807, 2.05) is 48.1 Å². The number of thiophene rings is 1. The Kier molecular flexibility index (Phi) is 4.21. The quantitative estimate of drug-likeness (QED) is 0.758. The van der Waals surface area contributed by atoms with E-state index in [1.54, 1.807) is 17.6 Å². The molecule has 1 atom stereocenters. The fourth-order valence-corrected chi connectivity index (χ4v) is 3.07. The second-order valence-electron chi connectivity index (χ2n) is 4.72. The van der Waals surface area contributed by atoms with Gasteiger partial charge in [0.05, 0.1) is 25.3 Å². The minimum Gasteiger partial charge on any atom is -0.467 e. The van der Waals surface area contributed by atoms with E-state index in [0.717, 1.165) is 5.76 Å². The Labute approximate surface area is 127 Å². The molecule has 0 spiro atoms. The van der Waals surface area contributed by atoms with Gasteiger partial charge in [0.15, 0.2) is 0 Å². The molecule has 1 N–H and O–H groups in total. The fourth-order valence-electron chi connectivity index (χ4n) is 2.24. The van der Waals surface area contributed by atoms with Crippen LogP contribution in [0.4, 0.5) is 0 Å². The number of carbonyl (C=O) groups is 1. The molecule has 21 heavy (non-hydrogen) atoms. The molecule has 0 radical (unpaired) electrons. The largest absolute Gasteiger partial charge is 0.467 e. The monoisotopic (exact) mass is 300 g/mol. The summed E-state index contributed by atoms with van der Waals surface area (Å²) in [6, 6.07) is 11.7. The molecule has 0 aliphatic carbocycles. The second-order valence-corrected chi connectivity index (χ2v) is 5.70. The van der Waals surface area contributed by atoms with Crippen LogP contribution in [0.3, 0.4) is 0 Å². The average molecular weight is 300 g/mol. The smallest absolute Gasteiger partial charge is 0.222 e. The minimum atomic E-state index is 0.0125. The average Bonchev–Trinajstić information content (AvgIpc) is 3.26. The van der Waals surface area contributed by atoms with Crippen molar-refractivity contribution in [1.82, 2.24) is 9.88 Å². The number of carbonyl (C=O) groups excluding carboxylic acids is 1. The van der Waals surface area contributed by atoms with E-state index in [4.69, 9.17) is 4.42 Å². The highest BCUT2D eigenvalue weighted by Crippen LogP contribution is 2.26. The van der Waals surface area contributed by atoms with Gasteiger partial charge >= 0.3 is 0 Å². The minimum absolute atomic E-state index is 0.0125. The Bertz CT molecular complexity index is 623. The zero-order chi connectivity index (χ0) is 14.5. The van der Waals surface area contributed by atoms with Gasteiger partial charge in [-0.25, -0.2) is 0 Å². The maximum absolute atomic E-state index is 12.2. The van der Waals surface area contributed by atoms with E-state index in [1.165, 1.54) is 4.88 Å². The van der Waals surface area contributed by atoms with E-state index in [9.17, 15) is 4.79 Å². The van der Waals surface area contributed by atoms with Crippen LogP contribution in [-0.2, 0) is 11.3 Å². The molecule has 1 unspecified atom stereocenters. The summed E-state index contributed by atoms with van der Waals surface area (Å²) in [5, 5.41) is 4.93. The van der Waals surface area contributed by atoms with Crippen molar-refractivity contribution >= 4 is 17.2 Å². The number of amides is 1. The molecular weight excluding hydrogens is 284 g/mol. The Morgan fingerprint density at radius 1 is 1.24 bits per heavy atom. The van der Waals surface area contributed by atoms with Crippen LogP contribution in [0.25, 0.3) is 0 Å². The van der Waals surface area contributed by atoms with Crippen molar-refractivity contribution in [1.29, 1.82) is 0 Å². The zero-order valence-electron chi connectivity index (χ0n) is 11.4. The Balaban J connectivity index is 1.66. The molecule has 5 heteroatoms. The zero-order valence-corrected chi connectivity index (χ0v) is 12.3. The van der Waals surface area contributed by atoms with Crippen molar-refractivity contribution in [3.63, 3.8) is 0 Å². The number of hydrogen-bond acceptors (Lipinski definition) is 3. The maximum Gasteiger partial charge on any atom is 0.222 e. The van der Waals surface area contributed by atoms with Crippen LogP contribution in [0.1, 0.15) is 23.1 Å². The molecule has 4 nitrogen and oxygen atoms in total. The van der Waals surface area contributed by atoms with Crippen LogP contribution in [0.15, 0.2) is 64.9 Å². The lowest BCUT2D eigenvalue weighted by molar-refractivity contribution is -0.121. The summed E-state index contributed by atoms with van der Waals surface area (Å²) in [5.41, 5.74) is 0. The van der Waals surface area contributed by atoms with E-state index < -0.39 is 0 Å². The standard InChI is InChI=1S/C16H16N2O2S/c19-16(17-12-13-5-3-9-20-13)11-14(15-6-4-10-21-15)18-7-1-2-8-18/h1-10,14H,11-12H2,(H,17,19). The van der Waals surface area contributed by atoms with Crippen LogP contribution in [0.2, 0.25) is 0 Å². The fraction of sp³-hybridized carbons (Fsp3) is 0.188. The first-order valence-electron chi connectivity index (χ1n) is 6.78. The predicted octanol–water partition coefficient (Wildman–Crippen LogP) is 3.44. The number of aromatic nitrogens is 1. The van der Waals surface area contributed by atoms with Crippen LogP contribution in [0.5, 0.6) is 0 Å². The lowest BCUT2D eigenvalue weighted by Crippen LogP contribution is -2.26. The van der Waals surface area contributed by atoms with E-state index in [-0.39, 0.29) is 11.9 Å². The van der Waals surface area contributed by atoms with Crippen molar-refractivity contribution in [2.45, 2.75) is 19.0 Å². The molecular formula is C16H16N2O2S. The van der Waals surface area contributed by atoms with E-state index in [0.29, 0.717) is 13.0 Å². The molecule has 0 saturated carbocycles. The third kappa shape index (κ3) is 3.44. The van der Waals surface area contributed by atoms with Gasteiger partial charge in [0, 0.05) is 17.3 Å². The van der Waals surface area contributed by atoms with Crippen molar-refractivity contribution in [2.24, 2.45) is 0 Å². The molecule has 1 amide bonds. The van der Waals surface area contributed by atoms with Crippen molar-refractivity contribution in [3.05, 3.63) is 71.1 Å². The summed E-state index contributed by atoms with van der Waals surface area (Å²) in [6.07, 6.45) is 6.00. The van der Waals surface area contributed by atoms with Crippen molar-refractivity contribution in [3.8, 4) is 0 Å². The normalized spacial score (nSPS) is 12.2. The molecule has 3 heterocycles. The third-order valence-corrected chi connectivity index (χ3v) is 4.25. The molecule has 0 fully saturated rings. The first kappa shape index (κ1) is 13.7. The summed E-state index contributed by atoms with van der Waals surface area (Å²) in [6.45, 7) is 0.425. The van der Waals surface area contributed by atoms with Gasteiger partial charge in [-0.05, 0) is 35.7 Å². The molecule has 0 saturated heterocycles. The second kappa shape index (κ2) is 6.45. The van der Waals surface area contributed by atoms with Crippen molar-refractivity contribution in [2.75, 3.05) is 0 Å². The van der Waals surface area contributed by atoms with Crippen LogP contribution in [0, 0.1) is 0 Å². The molecule has 0 bridgehead atoms. The maximum atomic E-state index is 12.2. The predicted molar refractivity (Wildman–Crippen MR) is 82.1 cm³/mol. The lowest BCUT2D eigenvalue weighted by Gasteiger charge is -2.17. The van der Waals surface area contributed by atoms with Crippen LogP contribution in [-0.4, -0.2) is 10.5 Å². The summed E-state index contributed by atoms with van der Waals surface area (Å²) in [4.78, 5) is 13.4. The lowest BCUT2D eigenvalue weighted by atomic mass is 10.1. The number of nitrogens with zero attached hydrogens (tertiary/aromatic N) is 1. The summed E-state index contributed by atoms with van der Waals surface area (Å²) >= 11 is 1.67. The van der Waals surface area contributed by atoms with Gasteiger partial charge in [-0.1, -0.05) is 6.07 Å². The molecule has 0 aliphatic rings. The van der Waals surface area contributed by atoms with Crippen LogP contribution < -0.4 is 5.32 Å². The molecule has 0 aromatic carbocycles. The highest BCUT2D eigenvalue weighted by molar-refractivity contribution is 7.10. The van der Waals surface area contributed by atoms with E-state index >= 15 is 0 Å². The highest BCUT2D eigenvalue weighted by Gasteiger charge is 2.18. The SMILES string of the molecule is O=C(CC(c1cccs1)n1cccc1)NCc1ccco1. The summed E-state index contributed by atoms with van der Waals surface area (Å²) < 4.78 is 7.28. The summed E-state index contributed by atoms with van der Waals surface area (Å²) in [5.74, 6) is 0.774. The Hall–Kier alpha value is -2.27. The first-order valence-corrected chi connectivity index (χ1v) is 7.66. The number of furan rings is 1. The Morgan fingerprint density at radius 2 is 2.10 bits per heavy atom. The molecule has 3 rings (SSSR count). The molecule has 108 valence electrons. The van der Waals surface area contributed by atoms with Gasteiger partial charge in [-0.2, -0.15) is 0 Å². The van der Waals surface area contributed by atoms with Gasteiger partial charge in [-0.15, -0.1) is 11.3 Å². The molecule has 3 aromatic rings. The van der Waals surface area contributed by atoms with Gasteiger partial charge in [0.1, 0.15) is 5.76 Å². The van der Waals surface area contributed by atoms with Gasteiger partial charge in [0.2, 0.25) is 5.91 Å². The number of rotatable bonds is 6. The molecule has 3 aromatic heterocycles. The summed E-state index contributed by atoms with van der Waals surface area (Å²) in [7, 11) is 0. The van der Waals surface area contributed by atoms with Crippen LogP contribution >= 0.6 is 11.3 Å².